The number of carbonyl (C=O) groups is 1. The predicted octanol–water partition coefficient (Wildman–Crippen LogP) is 2.17. The monoisotopic (exact) mass is 244 g/mol. The number of ether oxygens (including phenoxy) is 1. The Morgan fingerprint density at radius 3 is 2.78 bits per heavy atom. The number of aryl methyl sites for hydroxylation is 1. The quantitative estimate of drug-likeness (QED) is 0.777. The molecule has 4 heteroatoms. The van der Waals surface area contributed by atoms with Crippen LogP contribution in [0.1, 0.15) is 25.6 Å². The molecule has 1 aromatic heterocycles. The number of para-hydroxylation sites is 2. The van der Waals surface area contributed by atoms with Crippen molar-refractivity contribution in [3.05, 3.63) is 30.1 Å². The van der Waals surface area contributed by atoms with Crippen LogP contribution in [0.2, 0.25) is 0 Å². The van der Waals surface area contributed by atoms with E-state index in [0.717, 1.165) is 29.7 Å². The highest BCUT2D eigenvalue weighted by molar-refractivity contribution is 5.87. The van der Waals surface area contributed by atoms with Crippen molar-refractivity contribution < 1.29 is 9.53 Å². The summed E-state index contributed by atoms with van der Waals surface area (Å²) in [5.74, 6) is 0.700. The Hall–Kier alpha value is -1.84. The second-order valence-corrected chi connectivity index (χ2v) is 4.79. The van der Waals surface area contributed by atoms with Crippen LogP contribution in [0.15, 0.2) is 24.3 Å². The van der Waals surface area contributed by atoms with Crippen LogP contribution in [0.5, 0.6) is 0 Å². The second kappa shape index (κ2) is 3.83. The van der Waals surface area contributed by atoms with Crippen molar-refractivity contribution in [3.63, 3.8) is 0 Å². The minimum atomic E-state index is -0.496. The van der Waals surface area contributed by atoms with Crippen LogP contribution in [0.4, 0.5) is 0 Å². The van der Waals surface area contributed by atoms with E-state index in [2.05, 4.69) is 4.98 Å². The Kier molecular flexibility index (Phi) is 2.40. The number of nitrogens with zero attached hydrogens (tertiary/aromatic N) is 2. The van der Waals surface area contributed by atoms with Gasteiger partial charge in [0.1, 0.15) is 11.2 Å². The van der Waals surface area contributed by atoms with Gasteiger partial charge in [0, 0.05) is 7.05 Å². The molecule has 1 aromatic carbocycles. The first kappa shape index (κ1) is 11.3. The zero-order valence-electron chi connectivity index (χ0n) is 10.6. The SMILES string of the molecule is CCOC(=O)C1(c2nc3ccccc3n2C)CC1. The molecule has 94 valence electrons. The molecular formula is C14H16N2O2. The molecule has 2 aromatic rings. The molecule has 1 fully saturated rings. The fourth-order valence-electron chi connectivity index (χ4n) is 2.49. The maximum Gasteiger partial charge on any atom is 0.319 e. The Labute approximate surface area is 106 Å². The Balaban J connectivity index is 2.10. The third-order valence-corrected chi connectivity index (χ3v) is 3.63. The van der Waals surface area contributed by atoms with Crippen LogP contribution < -0.4 is 0 Å². The van der Waals surface area contributed by atoms with E-state index in [1.807, 2.05) is 42.8 Å². The summed E-state index contributed by atoms with van der Waals surface area (Å²) in [5, 5.41) is 0. The zero-order chi connectivity index (χ0) is 12.8. The molecule has 0 N–H and O–H groups in total. The second-order valence-electron chi connectivity index (χ2n) is 4.79. The van der Waals surface area contributed by atoms with Gasteiger partial charge in [0.05, 0.1) is 17.6 Å². The average molecular weight is 244 g/mol. The van der Waals surface area contributed by atoms with Crippen molar-refractivity contribution in [2.24, 2.45) is 7.05 Å². The molecule has 1 saturated carbocycles. The lowest BCUT2D eigenvalue weighted by Crippen LogP contribution is -2.26. The number of esters is 1. The first-order valence-electron chi connectivity index (χ1n) is 6.28. The number of carbonyl (C=O) groups excluding carboxylic acids is 1. The van der Waals surface area contributed by atoms with Gasteiger partial charge in [0.15, 0.2) is 0 Å². The number of fused-ring (bicyclic) bond motifs is 1. The molecule has 0 radical (unpaired) electrons. The molecule has 3 rings (SSSR count). The van der Waals surface area contributed by atoms with Crippen LogP contribution in [-0.2, 0) is 22.0 Å². The van der Waals surface area contributed by atoms with Gasteiger partial charge < -0.3 is 9.30 Å². The van der Waals surface area contributed by atoms with Crippen LogP contribution >= 0.6 is 0 Å². The Bertz CT molecular complexity index is 611. The van der Waals surface area contributed by atoms with E-state index in [9.17, 15) is 4.79 Å². The third-order valence-electron chi connectivity index (χ3n) is 3.63. The standard InChI is InChI=1S/C14H16N2O2/c1-3-18-13(17)14(8-9-14)12-15-10-6-4-5-7-11(10)16(12)2/h4-7H,3,8-9H2,1-2H3. The van der Waals surface area contributed by atoms with Crippen molar-refractivity contribution >= 4 is 17.0 Å². The summed E-state index contributed by atoms with van der Waals surface area (Å²) in [7, 11) is 1.96. The highest BCUT2D eigenvalue weighted by Gasteiger charge is 2.56. The highest BCUT2D eigenvalue weighted by Crippen LogP contribution is 2.49. The Morgan fingerprint density at radius 1 is 1.44 bits per heavy atom. The molecule has 1 heterocycles. The van der Waals surface area contributed by atoms with Crippen molar-refractivity contribution in [1.29, 1.82) is 0 Å². The smallest absolute Gasteiger partial charge is 0.319 e. The molecule has 1 aliphatic rings. The van der Waals surface area contributed by atoms with Gasteiger partial charge in [-0.15, -0.1) is 0 Å². The average Bonchev–Trinajstić information content (AvgIpc) is 3.11. The maximum atomic E-state index is 12.1. The summed E-state index contributed by atoms with van der Waals surface area (Å²) in [5.41, 5.74) is 1.50. The van der Waals surface area contributed by atoms with Gasteiger partial charge in [0.25, 0.3) is 0 Å². The van der Waals surface area contributed by atoms with Gasteiger partial charge in [0.2, 0.25) is 0 Å². The largest absolute Gasteiger partial charge is 0.465 e. The number of imidazole rings is 1. The fourth-order valence-corrected chi connectivity index (χ4v) is 2.49. The summed E-state index contributed by atoms with van der Waals surface area (Å²) >= 11 is 0. The molecule has 0 saturated heterocycles. The first-order chi connectivity index (χ1) is 8.69. The molecule has 4 nitrogen and oxygen atoms in total. The van der Waals surface area contributed by atoms with Crippen LogP contribution in [-0.4, -0.2) is 22.1 Å². The number of aromatic nitrogens is 2. The van der Waals surface area contributed by atoms with Gasteiger partial charge in [-0.05, 0) is 31.9 Å². The molecule has 0 spiro atoms. The minimum absolute atomic E-state index is 0.136. The van der Waals surface area contributed by atoms with Gasteiger partial charge in [-0.2, -0.15) is 0 Å². The number of rotatable bonds is 3. The molecule has 0 atom stereocenters. The van der Waals surface area contributed by atoms with Crippen molar-refractivity contribution in [2.75, 3.05) is 6.61 Å². The topological polar surface area (TPSA) is 44.1 Å². The van der Waals surface area contributed by atoms with Crippen molar-refractivity contribution in [1.82, 2.24) is 9.55 Å². The molecule has 1 aliphatic carbocycles. The van der Waals surface area contributed by atoms with E-state index in [4.69, 9.17) is 4.74 Å². The van der Waals surface area contributed by atoms with E-state index >= 15 is 0 Å². The number of hydrogen-bond acceptors (Lipinski definition) is 3. The van der Waals surface area contributed by atoms with Crippen molar-refractivity contribution in [3.8, 4) is 0 Å². The highest BCUT2D eigenvalue weighted by atomic mass is 16.5. The maximum absolute atomic E-state index is 12.1. The summed E-state index contributed by atoms with van der Waals surface area (Å²) in [6, 6.07) is 7.94. The van der Waals surface area contributed by atoms with E-state index < -0.39 is 5.41 Å². The summed E-state index contributed by atoms with van der Waals surface area (Å²) < 4.78 is 7.20. The predicted molar refractivity (Wildman–Crippen MR) is 68.3 cm³/mol. The number of hydrogen-bond donors (Lipinski definition) is 0. The molecule has 0 unspecified atom stereocenters. The van der Waals surface area contributed by atoms with Gasteiger partial charge in [-0.3, -0.25) is 4.79 Å². The van der Waals surface area contributed by atoms with E-state index in [1.165, 1.54) is 0 Å². The summed E-state index contributed by atoms with van der Waals surface area (Å²) in [6.07, 6.45) is 1.67. The summed E-state index contributed by atoms with van der Waals surface area (Å²) in [6.45, 7) is 2.26. The van der Waals surface area contributed by atoms with E-state index in [1.54, 1.807) is 0 Å². The fraction of sp³-hybridized carbons (Fsp3) is 0.429. The molecule has 18 heavy (non-hydrogen) atoms. The zero-order valence-corrected chi connectivity index (χ0v) is 10.6. The lowest BCUT2D eigenvalue weighted by Gasteiger charge is -2.13. The van der Waals surface area contributed by atoms with E-state index in [0.29, 0.717) is 6.61 Å². The van der Waals surface area contributed by atoms with Gasteiger partial charge in [-0.25, -0.2) is 4.98 Å². The molecule has 0 aliphatic heterocycles. The molecule has 0 bridgehead atoms. The molecular weight excluding hydrogens is 228 g/mol. The number of benzene rings is 1. The first-order valence-corrected chi connectivity index (χ1v) is 6.28. The minimum Gasteiger partial charge on any atom is -0.465 e. The van der Waals surface area contributed by atoms with E-state index in [-0.39, 0.29) is 5.97 Å². The normalized spacial score (nSPS) is 16.8. The Morgan fingerprint density at radius 2 is 2.17 bits per heavy atom. The van der Waals surface area contributed by atoms with Crippen LogP contribution in [0, 0.1) is 0 Å². The van der Waals surface area contributed by atoms with Gasteiger partial charge >= 0.3 is 5.97 Å². The van der Waals surface area contributed by atoms with Gasteiger partial charge in [-0.1, -0.05) is 12.1 Å². The lowest BCUT2D eigenvalue weighted by molar-refractivity contribution is -0.146. The van der Waals surface area contributed by atoms with Crippen LogP contribution in [0.25, 0.3) is 11.0 Å². The van der Waals surface area contributed by atoms with Crippen molar-refractivity contribution in [2.45, 2.75) is 25.2 Å². The van der Waals surface area contributed by atoms with Crippen LogP contribution in [0.3, 0.4) is 0 Å². The third kappa shape index (κ3) is 1.45. The summed E-state index contributed by atoms with van der Waals surface area (Å²) in [4.78, 5) is 16.7. The molecule has 0 amide bonds. The lowest BCUT2D eigenvalue weighted by atomic mass is 10.1.